The molecule has 0 heterocycles. The second-order valence-electron chi connectivity index (χ2n) is 6.97. The Morgan fingerprint density at radius 2 is 1.92 bits per heavy atom. The van der Waals surface area contributed by atoms with Crippen LogP contribution < -0.4 is 5.32 Å². The molecule has 1 atom stereocenters. The van der Waals surface area contributed by atoms with Crippen LogP contribution in [0.15, 0.2) is 42.5 Å². The van der Waals surface area contributed by atoms with Gasteiger partial charge in [0.25, 0.3) is 0 Å². The summed E-state index contributed by atoms with van der Waals surface area (Å²) in [5.74, 6) is -0.973. The predicted octanol–water partition coefficient (Wildman–Crippen LogP) is 3.04. The molecule has 0 spiro atoms. The fourth-order valence-electron chi connectivity index (χ4n) is 2.29. The molecule has 6 heteroatoms. The Balaban J connectivity index is 2.64. The van der Waals surface area contributed by atoms with Gasteiger partial charge in [-0.25, -0.2) is 9.59 Å². The van der Waals surface area contributed by atoms with Crippen molar-refractivity contribution in [1.82, 2.24) is 10.2 Å². The van der Waals surface area contributed by atoms with Gasteiger partial charge in [0.15, 0.2) is 0 Å². The van der Waals surface area contributed by atoms with E-state index in [-0.39, 0.29) is 6.04 Å². The molecule has 0 aliphatic heterocycles. The average Bonchev–Trinajstić information content (AvgIpc) is 2.45. The zero-order valence-electron chi connectivity index (χ0n) is 15.4. The standard InChI is InChI=1S/C19H28N2O4/c1-15(20-18(24)25-19(2,3)4)13-21(12-8-11-17(22)23)14-16-9-6-5-7-10-16/h5-11,15H,12-14H2,1-4H3,(H,20,24)(H,22,23)/b11-8+/t15-/m1/s1. The first-order valence-electron chi connectivity index (χ1n) is 8.31. The van der Waals surface area contributed by atoms with Gasteiger partial charge in [-0.05, 0) is 33.3 Å². The van der Waals surface area contributed by atoms with Crippen molar-refractivity contribution in [3.63, 3.8) is 0 Å². The van der Waals surface area contributed by atoms with E-state index in [1.807, 2.05) is 58.0 Å². The average molecular weight is 348 g/mol. The number of carbonyl (C=O) groups excluding carboxylic acids is 1. The molecule has 1 amide bonds. The highest BCUT2D eigenvalue weighted by atomic mass is 16.6. The molecule has 1 aromatic rings. The van der Waals surface area contributed by atoms with Crippen LogP contribution in [0.1, 0.15) is 33.3 Å². The van der Waals surface area contributed by atoms with Crippen LogP contribution >= 0.6 is 0 Å². The fraction of sp³-hybridized carbons (Fsp3) is 0.474. The third-order valence-corrected chi connectivity index (χ3v) is 3.17. The van der Waals surface area contributed by atoms with Crippen LogP contribution in [-0.2, 0) is 16.1 Å². The van der Waals surface area contributed by atoms with E-state index in [4.69, 9.17) is 9.84 Å². The highest BCUT2D eigenvalue weighted by Gasteiger charge is 2.18. The minimum absolute atomic E-state index is 0.142. The molecular formula is C19H28N2O4. The summed E-state index contributed by atoms with van der Waals surface area (Å²) in [4.78, 5) is 24.6. The van der Waals surface area contributed by atoms with E-state index < -0.39 is 17.7 Å². The highest BCUT2D eigenvalue weighted by molar-refractivity contribution is 5.79. The van der Waals surface area contributed by atoms with Crippen molar-refractivity contribution in [2.45, 2.75) is 45.9 Å². The molecule has 0 aromatic heterocycles. The number of hydrogen-bond donors (Lipinski definition) is 2. The predicted molar refractivity (Wildman–Crippen MR) is 97.3 cm³/mol. The minimum Gasteiger partial charge on any atom is -0.478 e. The molecule has 1 aromatic carbocycles. The quantitative estimate of drug-likeness (QED) is 0.706. The lowest BCUT2D eigenvalue weighted by atomic mass is 10.2. The second-order valence-corrected chi connectivity index (χ2v) is 6.97. The van der Waals surface area contributed by atoms with E-state index >= 15 is 0 Å². The number of carboxylic acids is 1. The Kier molecular flexibility index (Phi) is 8.15. The van der Waals surface area contributed by atoms with Crippen LogP contribution in [0.2, 0.25) is 0 Å². The number of alkyl carbamates (subject to hydrolysis) is 1. The van der Waals surface area contributed by atoms with Crippen molar-refractivity contribution in [3.8, 4) is 0 Å². The van der Waals surface area contributed by atoms with Crippen LogP contribution in [0.25, 0.3) is 0 Å². The number of carboxylic acid groups (broad SMARTS) is 1. The van der Waals surface area contributed by atoms with Crippen LogP contribution in [0.5, 0.6) is 0 Å². The topological polar surface area (TPSA) is 78.9 Å². The highest BCUT2D eigenvalue weighted by Crippen LogP contribution is 2.08. The Morgan fingerprint density at radius 1 is 1.28 bits per heavy atom. The van der Waals surface area contributed by atoms with Crippen molar-refractivity contribution in [2.24, 2.45) is 0 Å². The third kappa shape index (κ3) is 10.2. The van der Waals surface area contributed by atoms with Gasteiger partial charge in [0, 0.05) is 31.8 Å². The zero-order valence-corrected chi connectivity index (χ0v) is 15.4. The minimum atomic E-state index is -0.973. The smallest absolute Gasteiger partial charge is 0.407 e. The molecule has 6 nitrogen and oxygen atoms in total. The maximum Gasteiger partial charge on any atom is 0.407 e. The number of ether oxygens (including phenoxy) is 1. The summed E-state index contributed by atoms with van der Waals surface area (Å²) in [7, 11) is 0. The van der Waals surface area contributed by atoms with Gasteiger partial charge in [-0.2, -0.15) is 0 Å². The summed E-state index contributed by atoms with van der Waals surface area (Å²) < 4.78 is 5.26. The number of amides is 1. The molecule has 0 saturated carbocycles. The Bertz CT molecular complexity index is 579. The molecule has 0 saturated heterocycles. The molecule has 0 aliphatic rings. The summed E-state index contributed by atoms with van der Waals surface area (Å²) in [6.07, 6.45) is 2.27. The van der Waals surface area contributed by atoms with Crippen LogP contribution in [-0.4, -0.2) is 46.8 Å². The monoisotopic (exact) mass is 348 g/mol. The van der Waals surface area contributed by atoms with Gasteiger partial charge in [0.1, 0.15) is 5.60 Å². The largest absolute Gasteiger partial charge is 0.478 e. The Morgan fingerprint density at radius 3 is 2.48 bits per heavy atom. The Labute approximate surface area is 149 Å². The summed E-state index contributed by atoms with van der Waals surface area (Å²) in [5, 5.41) is 11.6. The number of nitrogens with one attached hydrogen (secondary N) is 1. The first-order valence-corrected chi connectivity index (χ1v) is 8.31. The number of benzene rings is 1. The number of hydrogen-bond acceptors (Lipinski definition) is 4. The number of carbonyl (C=O) groups is 2. The molecule has 2 N–H and O–H groups in total. The van der Waals surface area contributed by atoms with Gasteiger partial charge < -0.3 is 15.2 Å². The van der Waals surface area contributed by atoms with Crippen molar-refractivity contribution < 1.29 is 19.4 Å². The van der Waals surface area contributed by atoms with Gasteiger partial charge >= 0.3 is 12.1 Å². The van der Waals surface area contributed by atoms with E-state index in [0.717, 1.165) is 11.6 Å². The lowest BCUT2D eigenvalue weighted by Crippen LogP contribution is -2.43. The second kappa shape index (κ2) is 9.84. The molecule has 138 valence electrons. The van der Waals surface area contributed by atoms with Crippen molar-refractivity contribution in [1.29, 1.82) is 0 Å². The van der Waals surface area contributed by atoms with Crippen molar-refractivity contribution in [3.05, 3.63) is 48.0 Å². The lowest BCUT2D eigenvalue weighted by Gasteiger charge is -2.26. The van der Waals surface area contributed by atoms with Gasteiger partial charge in [-0.3, -0.25) is 4.90 Å². The molecule has 0 unspecified atom stereocenters. The van der Waals surface area contributed by atoms with E-state index in [2.05, 4.69) is 10.2 Å². The maximum absolute atomic E-state index is 11.9. The van der Waals surface area contributed by atoms with Crippen LogP contribution in [0, 0.1) is 0 Å². The lowest BCUT2D eigenvalue weighted by molar-refractivity contribution is -0.131. The van der Waals surface area contributed by atoms with Crippen molar-refractivity contribution in [2.75, 3.05) is 13.1 Å². The first kappa shape index (κ1) is 20.7. The first-order chi connectivity index (χ1) is 11.7. The van der Waals surface area contributed by atoms with Gasteiger partial charge in [-0.1, -0.05) is 36.4 Å². The van der Waals surface area contributed by atoms with Gasteiger partial charge in [0.2, 0.25) is 0 Å². The molecule has 0 radical (unpaired) electrons. The summed E-state index contributed by atoms with van der Waals surface area (Å²) in [5.41, 5.74) is 0.577. The van der Waals surface area contributed by atoms with Gasteiger partial charge in [0.05, 0.1) is 0 Å². The molecule has 0 fully saturated rings. The maximum atomic E-state index is 11.9. The van der Waals surface area contributed by atoms with Crippen LogP contribution in [0.4, 0.5) is 4.79 Å². The third-order valence-electron chi connectivity index (χ3n) is 3.17. The van der Waals surface area contributed by atoms with Crippen LogP contribution in [0.3, 0.4) is 0 Å². The zero-order chi connectivity index (χ0) is 18.9. The van der Waals surface area contributed by atoms with E-state index in [9.17, 15) is 9.59 Å². The molecular weight excluding hydrogens is 320 g/mol. The van der Waals surface area contributed by atoms with E-state index in [1.165, 1.54) is 0 Å². The number of nitrogens with zero attached hydrogens (tertiary/aromatic N) is 1. The number of aliphatic carboxylic acids is 1. The molecule has 1 rings (SSSR count). The Hall–Kier alpha value is -2.34. The van der Waals surface area contributed by atoms with E-state index in [1.54, 1.807) is 6.08 Å². The summed E-state index contributed by atoms with van der Waals surface area (Å²) in [6.45, 7) is 9.04. The molecule has 0 bridgehead atoms. The molecule has 25 heavy (non-hydrogen) atoms. The SMILES string of the molecule is C[C@H](CN(C/C=C/C(=O)O)Cc1ccccc1)NC(=O)OC(C)(C)C. The van der Waals surface area contributed by atoms with Gasteiger partial charge in [-0.15, -0.1) is 0 Å². The summed E-state index contributed by atoms with van der Waals surface area (Å²) >= 11 is 0. The normalized spacial score (nSPS) is 13.0. The number of rotatable bonds is 8. The molecule has 0 aliphatic carbocycles. The van der Waals surface area contributed by atoms with E-state index in [0.29, 0.717) is 19.6 Å². The fourth-order valence-corrected chi connectivity index (χ4v) is 2.29. The summed E-state index contributed by atoms with van der Waals surface area (Å²) in [6, 6.07) is 9.76. The van der Waals surface area contributed by atoms with Crippen molar-refractivity contribution >= 4 is 12.1 Å².